The fraction of sp³-hybridized carbons (Fsp3) is 0.400. The predicted octanol–water partition coefficient (Wildman–Crippen LogP) is 3.30. The Labute approximate surface area is 72.2 Å². The summed E-state index contributed by atoms with van der Waals surface area (Å²) in [5.74, 6) is 1.49. The highest BCUT2D eigenvalue weighted by molar-refractivity contribution is 6.17. The first-order chi connectivity index (χ1) is 5.40. The molecule has 0 aromatic heterocycles. The Morgan fingerprint density at radius 2 is 1.82 bits per heavy atom. The van der Waals surface area contributed by atoms with Crippen LogP contribution in [0.4, 0.5) is 0 Å². The van der Waals surface area contributed by atoms with Gasteiger partial charge in [0, 0.05) is 5.88 Å². The summed E-state index contributed by atoms with van der Waals surface area (Å²) >= 11 is 5.67. The predicted molar refractivity (Wildman–Crippen MR) is 48.0 cm³/mol. The average Bonchev–Trinajstić information content (AvgIpc) is 2.87. The normalized spacial score (nSPS) is 16.8. The summed E-state index contributed by atoms with van der Waals surface area (Å²) < 4.78 is 0. The van der Waals surface area contributed by atoms with Gasteiger partial charge >= 0.3 is 0 Å². The van der Waals surface area contributed by atoms with Gasteiger partial charge in [-0.1, -0.05) is 24.3 Å². The Hall–Kier alpha value is -0.490. The van der Waals surface area contributed by atoms with Gasteiger partial charge in [0.05, 0.1) is 0 Å². The highest BCUT2D eigenvalue weighted by atomic mass is 35.5. The summed E-state index contributed by atoms with van der Waals surface area (Å²) in [7, 11) is 0. The molecule has 1 fully saturated rings. The van der Waals surface area contributed by atoms with Crippen LogP contribution < -0.4 is 0 Å². The van der Waals surface area contributed by atoms with Crippen LogP contribution in [0.15, 0.2) is 24.3 Å². The van der Waals surface area contributed by atoms with Crippen molar-refractivity contribution < 1.29 is 0 Å². The maximum Gasteiger partial charge on any atom is 0.0474 e. The summed E-state index contributed by atoms with van der Waals surface area (Å²) in [4.78, 5) is 0. The second-order valence-corrected chi connectivity index (χ2v) is 3.42. The maximum absolute atomic E-state index is 5.67. The molecule has 0 amide bonds. The van der Waals surface area contributed by atoms with Crippen LogP contribution in [-0.4, -0.2) is 0 Å². The van der Waals surface area contributed by atoms with Crippen molar-refractivity contribution in [1.82, 2.24) is 0 Å². The van der Waals surface area contributed by atoms with E-state index in [9.17, 15) is 0 Å². The lowest BCUT2D eigenvalue weighted by molar-refractivity contribution is 1.12. The third-order valence-corrected chi connectivity index (χ3v) is 2.49. The Bertz CT molecular complexity index is 234. The van der Waals surface area contributed by atoms with Crippen LogP contribution in [0.2, 0.25) is 0 Å². The Kier molecular flexibility index (Phi) is 1.87. The first-order valence-electron chi connectivity index (χ1n) is 4.05. The molecule has 2 rings (SSSR count). The minimum Gasteiger partial charge on any atom is -0.122 e. The number of hydrogen-bond donors (Lipinski definition) is 0. The fourth-order valence-corrected chi connectivity index (χ4v) is 1.47. The van der Waals surface area contributed by atoms with Crippen LogP contribution in [0, 0.1) is 0 Å². The number of rotatable bonds is 2. The summed E-state index contributed by atoms with van der Waals surface area (Å²) in [6.45, 7) is 0. The van der Waals surface area contributed by atoms with E-state index in [0.29, 0.717) is 5.88 Å². The van der Waals surface area contributed by atoms with Crippen molar-refractivity contribution in [1.29, 1.82) is 0 Å². The van der Waals surface area contributed by atoms with E-state index < -0.39 is 0 Å². The molecule has 0 saturated heterocycles. The monoisotopic (exact) mass is 166 g/mol. The first-order valence-corrected chi connectivity index (χ1v) is 4.58. The van der Waals surface area contributed by atoms with E-state index in [4.69, 9.17) is 11.6 Å². The molecule has 0 N–H and O–H groups in total. The van der Waals surface area contributed by atoms with E-state index in [2.05, 4.69) is 24.3 Å². The van der Waals surface area contributed by atoms with Crippen molar-refractivity contribution >= 4 is 11.6 Å². The molecule has 0 heterocycles. The third-order valence-electron chi connectivity index (χ3n) is 2.18. The molecule has 1 aliphatic carbocycles. The van der Waals surface area contributed by atoms with Gasteiger partial charge in [-0.25, -0.2) is 0 Å². The van der Waals surface area contributed by atoms with Gasteiger partial charge in [-0.2, -0.15) is 0 Å². The zero-order chi connectivity index (χ0) is 7.68. The van der Waals surface area contributed by atoms with Crippen LogP contribution in [0.3, 0.4) is 0 Å². The van der Waals surface area contributed by atoms with Crippen molar-refractivity contribution in [3.63, 3.8) is 0 Å². The molecule has 0 spiro atoms. The summed E-state index contributed by atoms with van der Waals surface area (Å²) in [6, 6.07) is 8.66. The van der Waals surface area contributed by atoms with Gasteiger partial charge in [0.15, 0.2) is 0 Å². The quantitative estimate of drug-likeness (QED) is 0.592. The van der Waals surface area contributed by atoms with Crippen molar-refractivity contribution in [2.24, 2.45) is 0 Å². The lowest BCUT2D eigenvalue weighted by Crippen LogP contribution is -1.80. The van der Waals surface area contributed by atoms with Gasteiger partial charge in [0.25, 0.3) is 0 Å². The second kappa shape index (κ2) is 2.86. The molecule has 1 aromatic carbocycles. The van der Waals surface area contributed by atoms with Crippen LogP contribution in [-0.2, 0) is 5.88 Å². The van der Waals surface area contributed by atoms with E-state index in [1.165, 1.54) is 24.0 Å². The highest BCUT2D eigenvalue weighted by Gasteiger charge is 2.22. The molecule has 0 radical (unpaired) electrons. The molecular weight excluding hydrogens is 156 g/mol. The first kappa shape index (κ1) is 7.17. The van der Waals surface area contributed by atoms with Gasteiger partial charge < -0.3 is 0 Å². The standard InChI is InChI=1S/C10H11Cl/c11-7-8-1-3-9(4-2-8)10-5-6-10/h1-4,10H,5-7H2. The van der Waals surface area contributed by atoms with Crippen molar-refractivity contribution in [2.75, 3.05) is 0 Å². The second-order valence-electron chi connectivity index (χ2n) is 3.15. The Morgan fingerprint density at radius 3 is 2.27 bits per heavy atom. The molecular formula is C10H11Cl. The molecule has 1 saturated carbocycles. The average molecular weight is 167 g/mol. The Balaban J connectivity index is 2.19. The fourth-order valence-electron chi connectivity index (χ4n) is 1.30. The lowest BCUT2D eigenvalue weighted by atomic mass is 10.1. The van der Waals surface area contributed by atoms with Crippen LogP contribution >= 0.6 is 11.6 Å². The van der Waals surface area contributed by atoms with Gasteiger partial charge in [0.1, 0.15) is 0 Å². The minimum atomic E-state index is 0.630. The molecule has 58 valence electrons. The molecule has 0 aliphatic heterocycles. The molecule has 0 bridgehead atoms. The van der Waals surface area contributed by atoms with E-state index in [1.54, 1.807) is 0 Å². The van der Waals surface area contributed by atoms with Gasteiger partial charge in [-0.15, -0.1) is 11.6 Å². The summed E-state index contributed by atoms with van der Waals surface area (Å²) in [5.41, 5.74) is 2.70. The van der Waals surface area contributed by atoms with E-state index in [-0.39, 0.29) is 0 Å². The molecule has 1 heteroatoms. The Morgan fingerprint density at radius 1 is 1.18 bits per heavy atom. The molecule has 11 heavy (non-hydrogen) atoms. The SMILES string of the molecule is ClCc1ccc(C2CC2)cc1. The number of halogens is 1. The smallest absolute Gasteiger partial charge is 0.0474 e. The minimum absolute atomic E-state index is 0.630. The number of alkyl halides is 1. The van der Waals surface area contributed by atoms with Crippen LogP contribution in [0.1, 0.15) is 29.9 Å². The van der Waals surface area contributed by atoms with E-state index >= 15 is 0 Å². The van der Waals surface area contributed by atoms with Gasteiger partial charge in [-0.05, 0) is 29.9 Å². The highest BCUT2D eigenvalue weighted by Crippen LogP contribution is 2.39. The van der Waals surface area contributed by atoms with Crippen molar-refractivity contribution in [3.05, 3.63) is 35.4 Å². The zero-order valence-corrected chi connectivity index (χ0v) is 7.14. The lowest BCUT2D eigenvalue weighted by Gasteiger charge is -1.98. The third kappa shape index (κ3) is 1.57. The van der Waals surface area contributed by atoms with Gasteiger partial charge in [0.2, 0.25) is 0 Å². The van der Waals surface area contributed by atoms with Crippen molar-refractivity contribution in [3.8, 4) is 0 Å². The van der Waals surface area contributed by atoms with Gasteiger partial charge in [-0.3, -0.25) is 0 Å². The summed E-state index contributed by atoms with van der Waals surface area (Å²) in [5, 5.41) is 0. The molecule has 1 aliphatic rings. The maximum atomic E-state index is 5.67. The molecule has 0 atom stereocenters. The molecule has 0 nitrogen and oxygen atoms in total. The topological polar surface area (TPSA) is 0 Å². The van der Waals surface area contributed by atoms with Crippen LogP contribution in [0.5, 0.6) is 0 Å². The van der Waals surface area contributed by atoms with E-state index in [0.717, 1.165) is 5.92 Å². The summed E-state index contributed by atoms with van der Waals surface area (Å²) in [6.07, 6.45) is 2.75. The number of benzene rings is 1. The number of hydrogen-bond acceptors (Lipinski definition) is 0. The molecule has 0 unspecified atom stereocenters. The molecule has 1 aromatic rings. The van der Waals surface area contributed by atoms with Crippen LogP contribution in [0.25, 0.3) is 0 Å². The largest absolute Gasteiger partial charge is 0.122 e. The van der Waals surface area contributed by atoms with Crippen molar-refractivity contribution in [2.45, 2.75) is 24.6 Å². The zero-order valence-electron chi connectivity index (χ0n) is 6.39. The van der Waals surface area contributed by atoms with E-state index in [1.807, 2.05) is 0 Å².